The molecule has 1 saturated carbocycles. The standard InChI is InChI=1S/C31H39N5O5/c1-20(29(39)40)32-22-13-10-14-23(17-22)33-27(38)19-36-30(41)35(18-26(37)31(2,3)4)25-16-9-8-15-24(25)28(34-36)21-11-6-5-7-12-21/h8-10,13-17,20-21,32H,5-7,11-12,18-19H2,1-4H3,(H,33,38)(H,39,40). The van der Waals surface area contributed by atoms with Crippen molar-refractivity contribution in [3.05, 3.63) is 54.1 Å². The van der Waals surface area contributed by atoms with E-state index in [4.69, 9.17) is 5.10 Å². The molecule has 3 amide bonds. The van der Waals surface area contributed by atoms with Crippen LogP contribution in [0, 0.1) is 11.3 Å². The number of nitrogens with zero attached hydrogens (tertiary/aromatic N) is 3. The second kappa shape index (κ2) is 12.5. The Bertz CT molecular complexity index is 1340. The van der Waals surface area contributed by atoms with Gasteiger partial charge >= 0.3 is 12.0 Å². The Morgan fingerprint density at radius 1 is 1.00 bits per heavy atom. The molecule has 0 radical (unpaired) electrons. The molecule has 10 nitrogen and oxygen atoms in total. The predicted molar refractivity (Wildman–Crippen MR) is 159 cm³/mol. The number of carbonyl (C=O) groups excluding carboxylic acids is 3. The van der Waals surface area contributed by atoms with E-state index in [-0.39, 0.29) is 24.8 Å². The highest BCUT2D eigenvalue weighted by atomic mass is 16.4. The van der Waals surface area contributed by atoms with Crippen LogP contribution >= 0.6 is 0 Å². The lowest BCUT2D eigenvalue weighted by molar-refractivity contribution is -0.137. The molecule has 1 heterocycles. The van der Waals surface area contributed by atoms with Gasteiger partial charge in [0.15, 0.2) is 5.78 Å². The molecule has 0 aromatic heterocycles. The van der Waals surface area contributed by atoms with Crippen molar-refractivity contribution in [2.24, 2.45) is 16.4 Å². The molecule has 0 spiro atoms. The number of urea groups is 1. The van der Waals surface area contributed by atoms with E-state index in [1.54, 1.807) is 24.3 Å². The molecule has 2 aromatic rings. The highest BCUT2D eigenvalue weighted by Crippen LogP contribution is 2.34. The van der Waals surface area contributed by atoms with Crippen molar-refractivity contribution in [3.8, 4) is 0 Å². The van der Waals surface area contributed by atoms with E-state index in [9.17, 15) is 24.3 Å². The van der Waals surface area contributed by atoms with Crippen LogP contribution in [0.4, 0.5) is 21.9 Å². The molecule has 1 aliphatic heterocycles. The summed E-state index contributed by atoms with van der Waals surface area (Å²) in [6.45, 7) is 6.48. The maximum Gasteiger partial charge on any atom is 0.345 e. The van der Waals surface area contributed by atoms with Crippen LogP contribution in [0.3, 0.4) is 0 Å². The number of Topliss-reactive ketones (excluding diaryl/α,β-unsaturated/α-hetero) is 1. The lowest BCUT2D eigenvalue weighted by Gasteiger charge is -2.28. The maximum absolute atomic E-state index is 14.0. The second-order valence-corrected chi connectivity index (χ2v) is 11.8. The van der Waals surface area contributed by atoms with Gasteiger partial charge in [-0.2, -0.15) is 5.10 Å². The lowest BCUT2D eigenvalue weighted by atomic mass is 9.83. The third-order valence-electron chi connectivity index (χ3n) is 7.47. The first-order valence-electron chi connectivity index (χ1n) is 14.1. The molecule has 1 fully saturated rings. The molecule has 1 unspecified atom stereocenters. The summed E-state index contributed by atoms with van der Waals surface area (Å²) >= 11 is 0. The minimum Gasteiger partial charge on any atom is -0.480 e. The van der Waals surface area contributed by atoms with Gasteiger partial charge in [0.1, 0.15) is 12.6 Å². The molecule has 3 N–H and O–H groups in total. The first kappa shape index (κ1) is 29.8. The van der Waals surface area contributed by atoms with Gasteiger partial charge in [0.25, 0.3) is 0 Å². The molecule has 1 atom stereocenters. The Balaban J connectivity index is 1.64. The summed E-state index contributed by atoms with van der Waals surface area (Å²) in [6.07, 6.45) is 5.17. The van der Waals surface area contributed by atoms with Crippen molar-refractivity contribution in [2.75, 3.05) is 28.6 Å². The number of nitrogens with one attached hydrogen (secondary N) is 2. The Morgan fingerprint density at radius 3 is 2.37 bits per heavy atom. The van der Waals surface area contributed by atoms with Crippen molar-refractivity contribution in [2.45, 2.75) is 65.8 Å². The Labute approximate surface area is 240 Å². The van der Waals surface area contributed by atoms with Crippen molar-refractivity contribution < 1.29 is 24.3 Å². The zero-order valence-electron chi connectivity index (χ0n) is 24.1. The molecule has 41 heavy (non-hydrogen) atoms. The zero-order valence-corrected chi connectivity index (χ0v) is 24.1. The molecule has 1 aliphatic carbocycles. The average Bonchev–Trinajstić information content (AvgIpc) is 3.04. The average molecular weight is 562 g/mol. The molecule has 2 aromatic carbocycles. The molecule has 0 bridgehead atoms. The fourth-order valence-electron chi connectivity index (χ4n) is 5.04. The summed E-state index contributed by atoms with van der Waals surface area (Å²) in [4.78, 5) is 53.0. The second-order valence-electron chi connectivity index (χ2n) is 11.8. The molecule has 10 heteroatoms. The van der Waals surface area contributed by atoms with Crippen molar-refractivity contribution in [3.63, 3.8) is 0 Å². The minimum atomic E-state index is -0.999. The number of anilines is 3. The van der Waals surface area contributed by atoms with Crippen molar-refractivity contribution in [1.82, 2.24) is 5.01 Å². The van der Waals surface area contributed by atoms with E-state index in [2.05, 4.69) is 10.6 Å². The number of ketones is 1. The molecule has 2 aliphatic rings. The Hall–Kier alpha value is -4.21. The summed E-state index contributed by atoms with van der Waals surface area (Å²) in [5.41, 5.74) is 2.51. The van der Waals surface area contributed by atoms with Gasteiger partial charge in [-0.25, -0.2) is 9.80 Å². The summed E-state index contributed by atoms with van der Waals surface area (Å²) < 4.78 is 0. The summed E-state index contributed by atoms with van der Waals surface area (Å²) in [5.74, 6) is -1.44. The first-order chi connectivity index (χ1) is 19.4. The van der Waals surface area contributed by atoms with Gasteiger partial charge < -0.3 is 15.7 Å². The van der Waals surface area contributed by atoms with Crippen LogP contribution in [0.5, 0.6) is 0 Å². The van der Waals surface area contributed by atoms with Gasteiger partial charge in [0, 0.05) is 28.3 Å². The fourth-order valence-corrected chi connectivity index (χ4v) is 5.04. The van der Waals surface area contributed by atoms with Crippen LogP contribution in [-0.4, -0.2) is 58.6 Å². The molecule has 0 saturated heterocycles. The van der Waals surface area contributed by atoms with Gasteiger partial charge in [-0.15, -0.1) is 0 Å². The number of hydrazone groups is 1. The predicted octanol–water partition coefficient (Wildman–Crippen LogP) is 5.35. The van der Waals surface area contributed by atoms with Crippen molar-refractivity contribution >= 4 is 46.5 Å². The van der Waals surface area contributed by atoms with Crippen molar-refractivity contribution in [1.29, 1.82) is 0 Å². The van der Waals surface area contributed by atoms with Crippen LogP contribution in [0.1, 0.15) is 65.4 Å². The van der Waals surface area contributed by atoms with Crippen LogP contribution in [0.15, 0.2) is 53.6 Å². The number of benzene rings is 2. The third kappa shape index (κ3) is 7.31. The Kier molecular flexibility index (Phi) is 9.10. The van der Waals surface area contributed by atoms with E-state index in [1.807, 2.05) is 45.0 Å². The number of para-hydroxylation sites is 1. The summed E-state index contributed by atoms with van der Waals surface area (Å²) in [5, 5.41) is 20.8. The molecular weight excluding hydrogens is 522 g/mol. The van der Waals surface area contributed by atoms with Gasteiger partial charge in [-0.05, 0) is 44.0 Å². The SMILES string of the molecule is CC(Nc1cccc(NC(=O)CN2N=C(C3CCCCC3)c3ccccc3N(CC(=O)C(C)(C)C)C2=O)c1)C(=O)O. The van der Waals surface area contributed by atoms with E-state index < -0.39 is 29.4 Å². The van der Waals surface area contributed by atoms with Gasteiger partial charge in [-0.1, -0.05) is 64.3 Å². The van der Waals surface area contributed by atoms with E-state index in [1.165, 1.54) is 16.8 Å². The monoisotopic (exact) mass is 561 g/mol. The third-order valence-corrected chi connectivity index (χ3v) is 7.47. The van der Waals surface area contributed by atoms with Crippen LogP contribution in [0.2, 0.25) is 0 Å². The van der Waals surface area contributed by atoms with Gasteiger partial charge in [0.2, 0.25) is 5.91 Å². The highest BCUT2D eigenvalue weighted by molar-refractivity contribution is 6.13. The number of carboxylic acid groups (broad SMARTS) is 1. The highest BCUT2D eigenvalue weighted by Gasteiger charge is 2.36. The van der Waals surface area contributed by atoms with Gasteiger partial charge in [-0.3, -0.25) is 19.3 Å². The molecule has 4 rings (SSSR count). The summed E-state index contributed by atoms with van der Waals surface area (Å²) in [7, 11) is 0. The molecule has 218 valence electrons. The van der Waals surface area contributed by atoms with Gasteiger partial charge in [0.05, 0.1) is 17.9 Å². The minimum absolute atomic E-state index is 0.105. The Morgan fingerprint density at radius 2 is 1.68 bits per heavy atom. The quantitative estimate of drug-likeness (QED) is 0.378. The number of amides is 3. The number of hydrogen-bond acceptors (Lipinski definition) is 6. The maximum atomic E-state index is 14.0. The van der Waals surface area contributed by atoms with E-state index in [0.29, 0.717) is 17.1 Å². The number of carboxylic acids is 1. The first-order valence-corrected chi connectivity index (χ1v) is 14.1. The number of rotatable bonds is 9. The zero-order chi connectivity index (χ0) is 29.7. The lowest BCUT2D eigenvalue weighted by Crippen LogP contribution is -2.47. The molecular formula is C31H39N5O5. The van der Waals surface area contributed by atoms with Crippen LogP contribution in [-0.2, 0) is 14.4 Å². The topological polar surface area (TPSA) is 131 Å². The largest absolute Gasteiger partial charge is 0.480 e. The van der Waals surface area contributed by atoms with E-state index in [0.717, 1.165) is 43.4 Å². The van der Waals surface area contributed by atoms with Crippen LogP contribution < -0.4 is 15.5 Å². The summed E-state index contributed by atoms with van der Waals surface area (Å²) in [6, 6.07) is 12.9. The fraction of sp³-hybridized carbons (Fsp3) is 0.452. The van der Waals surface area contributed by atoms with Crippen LogP contribution in [0.25, 0.3) is 0 Å². The normalized spacial score (nSPS) is 16.8. The smallest absolute Gasteiger partial charge is 0.345 e. The number of hydrogen-bond donors (Lipinski definition) is 3. The van der Waals surface area contributed by atoms with E-state index >= 15 is 0 Å². The number of aliphatic carboxylic acids is 1. The number of fused-ring (bicyclic) bond motifs is 1. The number of carbonyl (C=O) groups is 4.